The van der Waals surface area contributed by atoms with Crippen molar-refractivity contribution >= 4 is 45.1 Å². The van der Waals surface area contributed by atoms with Gasteiger partial charge in [-0.15, -0.1) is 11.3 Å². The number of fused-ring (bicyclic) bond motifs is 1. The quantitative estimate of drug-likeness (QED) is 0.617. The Morgan fingerprint density at radius 3 is 2.68 bits per heavy atom. The number of aryl methyl sites for hydroxylation is 3. The molecule has 3 rings (SSSR count). The van der Waals surface area contributed by atoms with Gasteiger partial charge in [-0.3, -0.25) is 9.59 Å². The van der Waals surface area contributed by atoms with Crippen molar-refractivity contribution < 1.29 is 9.59 Å². The molecular formula is C17H22N4O2S2. The Morgan fingerprint density at radius 2 is 2.00 bits per heavy atom. The summed E-state index contributed by atoms with van der Waals surface area (Å²) in [4.78, 5) is 36.9. The molecule has 0 aromatic carbocycles. The number of nitrogens with zero attached hydrogens (tertiary/aromatic N) is 3. The molecule has 0 saturated heterocycles. The summed E-state index contributed by atoms with van der Waals surface area (Å²) in [7, 11) is 1.66. The zero-order chi connectivity index (χ0) is 18.1. The highest BCUT2D eigenvalue weighted by molar-refractivity contribution is 8.00. The van der Waals surface area contributed by atoms with Gasteiger partial charge in [0.25, 0.3) is 0 Å². The fraction of sp³-hybridized carbons (Fsp3) is 0.529. The molecule has 0 atom stereocenters. The van der Waals surface area contributed by atoms with Gasteiger partial charge in [0.15, 0.2) is 0 Å². The summed E-state index contributed by atoms with van der Waals surface area (Å²) >= 11 is 3.07. The third-order valence-electron chi connectivity index (χ3n) is 4.19. The summed E-state index contributed by atoms with van der Waals surface area (Å²) < 4.78 is 0. The van der Waals surface area contributed by atoms with E-state index in [9.17, 15) is 9.59 Å². The van der Waals surface area contributed by atoms with Crippen LogP contribution in [0.25, 0.3) is 10.2 Å². The van der Waals surface area contributed by atoms with Crippen molar-refractivity contribution in [2.75, 3.05) is 19.3 Å². The Hall–Kier alpha value is -1.67. The second-order valence-corrected chi connectivity index (χ2v) is 8.59. The van der Waals surface area contributed by atoms with Gasteiger partial charge < -0.3 is 10.2 Å². The van der Waals surface area contributed by atoms with E-state index in [1.54, 1.807) is 18.4 Å². The lowest BCUT2D eigenvalue weighted by Gasteiger charge is -2.16. The lowest BCUT2D eigenvalue weighted by molar-refractivity contribution is -0.132. The van der Waals surface area contributed by atoms with E-state index in [4.69, 9.17) is 0 Å². The monoisotopic (exact) mass is 378 g/mol. The van der Waals surface area contributed by atoms with Gasteiger partial charge >= 0.3 is 0 Å². The fourth-order valence-corrected chi connectivity index (χ4v) is 4.67. The highest BCUT2D eigenvalue weighted by Crippen LogP contribution is 2.35. The van der Waals surface area contributed by atoms with Gasteiger partial charge in [0.1, 0.15) is 15.7 Å². The number of likely N-dealkylation sites (N-methyl/N-ethyl adjacent to an activating group) is 1. The Balaban J connectivity index is 1.65. The number of carbonyl (C=O) groups is 2. The Bertz CT molecular complexity index is 830. The first-order valence-corrected chi connectivity index (χ1v) is 10.1. The Morgan fingerprint density at radius 1 is 1.28 bits per heavy atom. The molecule has 1 fully saturated rings. The number of nitrogens with one attached hydrogen (secondary N) is 1. The van der Waals surface area contributed by atoms with Crippen LogP contribution in [0, 0.1) is 20.8 Å². The first kappa shape index (κ1) is 18.1. The van der Waals surface area contributed by atoms with Crippen molar-refractivity contribution in [3.63, 3.8) is 0 Å². The molecule has 2 aromatic rings. The molecule has 8 heteroatoms. The second-order valence-electron chi connectivity index (χ2n) is 6.42. The van der Waals surface area contributed by atoms with Crippen LogP contribution in [0.1, 0.15) is 29.1 Å². The molecule has 6 nitrogen and oxygen atoms in total. The zero-order valence-corrected chi connectivity index (χ0v) is 16.5. The van der Waals surface area contributed by atoms with Crippen LogP contribution in [0.2, 0.25) is 0 Å². The third kappa shape index (κ3) is 4.30. The largest absolute Gasteiger partial charge is 0.352 e. The summed E-state index contributed by atoms with van der Waals surface area (Å²) in [6, 6.07) is 0.312. The van der Waals surface area contributed by atoms with E-state index in [0.717, 1.165) is 28.1 Å². The fourth-order valence-electron chi connectivity index (χ4n) is 2.46. The average Bonchev–Trinajstić information content (AvgIpc) is 3.30. The van der Waals surface area contributed by atoms with Gasteiger partial charge in [0.05, 0.1) is 12.3 Å². The minimum atomic E-state index is -0.0899. The van der Waals surface area contributed by atoms with Crippen molar-refractivity contribution in [3.05, 3.63) is 16.3 Å². The molecule has 2 aromatic heterocycles. The molecule has 0 unspecified atom stereocenters. The molecule has 1 aliphatic rings. The van der Waals surface area contributed by atoms with Gasteiger partial charge in [-0.2, -0.15) is 0 Å². The second kappa shape index (κ2) is 7.29. The number of aromatic nitrogens is 2. The van der Waals surface area contributed by atoms with Crippen LogP contribution >= 0.6 is 23.1 Å². The average molecular weight is 379 g/mol. The van der Waals surface area contributed by atoms with E-state index in [-0.39, 0.29) is 24.1 Å². The molecule has 0 radical (unpaired) electrons. The maximum atomic E-state index is 12.3. The SMILES string of the molecule is Cc1nc(SCC(=O)N(C)CC(=O)NC2CC2)c2c(C)c(C)sc2n1. The maximum Gasteiger partial charge on any atom is 0.239 e. The molecule has 0 bridgehead atoms. The smallest absolute Gasteiger partial charge is 0.239 e. The van der Waals surface area contributed by atoms with Gasteiger partial charge in [-0.1, -0.05) is 11.8 Å². The predicted molar refractivity (Wildman–Crippen MR) is 101 cm³/mol. The van der Waals surface area contributed by atoms with E-state index in [2.05, 4.69) is 29.1 Å². The van der Waals surface area contributed by atoms with Crippen molar-refractivity contribution in [3.8, 4) is 0 Å². The first-order valence-electron chi connectivity index (χ1n) is 8.25. The number of rotatable bonds is 6. The van der Waals surface area contributed by atoms with E-state index in [0.29, 0.717) is 11.9 Å². The van der Waals surface area contributed by atoms with Crippen LogP contribution in [0.3, 0.4) is 0 Å². The molecule has 134 valence electrons. The Kier molecular flexibility index (Phi) is 5.29. The van der Waals surface area contributed by atoms with E-state index < -0.39 is 0 Å². The molecule has 1 N–H and O–H groups in total. The van der Waals surface area contributed by atoms with Crippen molar-refractivity contribution in [1.82, 2.24) is 20.2 Å². The summed E-state index contributed by atoms with van der Waals surface area (Å²) in [6.07, 6.45) is 2.09. The number of thiophene rings is 1. The first-order chi connectivity index (χ1) is 11.8. The summed E-state index contributed by atoms with van der Waals surface area (Å²) in [5.74, 6) is 0.798. The van der Waals surface area contributed by atoms with Gasteiger partial charge in [-0.25, -0.2) is 9.97 Å². The van der Waals surface area contributed by atoms with Crippen LogP contribution in [0.5, 0.6) is 0 Å². The predicted octanol–water partition coefficient (Wildman–Crippen LogP) is 2.45. The van der Waals surface area contributed by atoms with Crippen LogP contribution in [-0.2, 0) is 9.59 Å². The molecule has 1 aliphatic carbocycles. The van der Waals surface area contributed by atoms with E-state index in [1.807, 2.05) is 6.92 Å². The van der Waals surface area contributed by atoms with Crippen molar-refractivity contribution in [2.24, 2.45) is 0 Å². The highest BCUT2D eigenvalue weighted by atomic mass is 32.2. The number of carbonyl (C=O) groups excluding carboxylic acids is 2. The highest BCUT2D eigenvalue weighted by Gasteiger charge is 2.24. The molecule has 0 aliphatic heterocycles. The molecule has 2 amide bonds. The van der Waals surface area contributed by atoms with Crippen molar-refractivity contribution in [1.29, 1.82) is 0 Å². The van der Waals surface area contributed by atoms with E-state index in [1.165, 1.54) is 27.1 Å². The number of amides is 2. The van der Waals surface area contributed by atoms with Gasteiger partial charge in [0, 0.05) is 23.4 Å². The topological polar surface area (TPSA) is 75.2 Å². The maximum absolute atomic E-state index is 12.3. The van der Waals surface area contributed by atoms with Crippen molar-refractivity contribution in [2.45, 2.75) is 44.7 Å². The van der Waals surface area contributed by atoms with Crippen LogP contribution < -0.4 is 5.32 Å². The molecule has 0 spiro atoms. The molecule has 2 heterocycles. The number of hydrogen-bond acceptors (Lipinski definition) is 6. The van der Waals surface area contributed by atoms with Crippen LogP contribution in [0.15, 0.2) is 5.03 Å². The lowest BCUT2D eigenvalue weighted by Crippen LogP contribution is -2.39. The third-order valence-corrected chi connectivity index (χ3v) is 6.25. The summed E-state index contributed by atoms with van der Waals surface area (Å²) in [5, 5.41) is 4.78. The number of thioether (sulfide) groups is 1. The lowest BCUT2D eigenvalue weighted by atomic mass is 10.2. The Labute approximate surface area is 155 Å². The van der Waals surface area contributed by atoms with Gasteiger partial charge in [-0.05, 0) is 39.2 Å². The standard InChI is InChI=1S/C17H22N4O2S2/c1-9-10(2)25-17-15(9)16(18-11(3)19-17)24-8-14(23)21(4)7-13(22)20-12-5-6-12/h12H,5-8H2,1-4H3,(H,20,22). The minimum absolute atomic E-state index is 0.0787. The van der Waals surface area contributed by atoms with E-state index >= 15 is 0 Å². The molecule has 1 saturated carbocycles. The van der Waals surface area contributed by atoms with Crippen LogP contribution in [0.4, 0.5) is 0 Å². The zero-order valence-electron chi connectivity index (χ0n) is 14.9. The van der Waals surface area contributed by atoms with Crippen LogP contribution in [-0.4, -0.2) is 52.1 Å². The summed E-state index contributed by atoms with van der Waals surface area (Å²) in [6.45, 7) is 6.10. The molecular weight excluding hydrogens is 356 g/mol. The molecule has 25 heavy (non-hydrogen) atoms. The normalized spacial score (nSPS) is 13.9. The number of hydrogen-bond donors (Lipinski definition) is 1. The minimum Gasteiger partial charge on any atom is -0.352 e. The summed E-state index contributed by atoms with van der Waals surface area (Å²) in [5.41, 5.74) is 1.17. The van der Waals surface area contributed by atoms with Gasteiger partial charge in [0.2, 0.25) is 11.8 Å².